The SMILES string of the molecule is CCCNC(COC)CN(CC)c1ccccc1. The van der Waals surface area contributed by atoms with Crippen molar-refractivity contribution in [3.63, 3.8) is 0 Å². The Morgan fingerprint density at radius 1 is 1.22 bits per heavy atom. The van der Waals surface area contributed by atoms with Crippen molar-refractivity contribution in [3.8, 4) is 0 Å². The van der Waals surface area contributed by atoms with Crippen LogP contribution in [0.3, 0.4) is 0 Å². The molecule has 0 spiro atoms. The van der Waals surface area contributed by atoms with Gasteiger partial charge in [-0.1, -0.05) is 25.1 Å². The van der Waals surface area contributed by atoms with E-state index in [1.54, 1.807) is 7.11 Å². The fraction of sp³-hybridized carbons (Fsp3) is 0.600. The second kappa shape index (κ2) is 8.95. The molecule has 0 saturated carbocycles. The van der Waals surface area contributed by atoms with E-state index in [1.165, 1.54) is 5.69 Å². The van der Waals surface area contributed by atoms with Crippen LogP contribution in [-0.2, 0) is 4.74 Å². The molecule has 1 unspecified atom stereocenters. The van der Waals surface area contributed by atoms with E-state index in [-0.39, 0.29) is 0 Å². The average molecular weight is 250 g/mol. The largest absolute Gasteiger partial charge is 0.383 e. The van der Waals surface area contributed by atoms with E-state index in [0.29, 0.717) is 6.04 Å². The third kappa shape index (κ3) is 5.07. The summed E-state index contributed by atoms with van der Waals surface area (Å²) in [6.45, 7) is 8.17. The number of ether oxygens (including phenoxy) is 1. The molecule has 1 aromatic rings. The fourth-order valence-electron chi connectivity index (χ4n) is 2.05. The number of rotatable bonds is 9. The topological polar surface area (TPSA) is 24.5 Å². The van der Waals surface area contributed by atoms with Gasteiger partial charge in [-0.2, -0.15) is 0 Å². The van der Waals surface area contributed by atoms with Crippen LogP contribution in [0.5, 0.6) is 0 Å². The van der Waals surface area contributed by atoms with E-state index in [0.717, 1.165) is 32.7 Å². The molecule has 0 saturated heterocycles. The van der Waals surface area contributed by atoms with Crippen molar-refractivity contribution in [2.75, 3.05) is 38.3 Å². The van der Waals surface area contributed by atoms with Crippen LogP contribution >= 0.6 is 0 Å². The smallest absolute Gasteiger partial charge is 0.0633 e. The first-order valence-corrected chi connectivity index (χ1v) is 6.84. The third-order valence-electron chi connectivity index (χ3n) is 2.99. The maximum Gasteiger partial charge on any atom is 0.0633 e. The predicted octanol–water partition coefficient (Wildman–Crippen LogP) is 2.53. The molecule has 0 bridgehead atoms. The molecule has 1 atom stereocenters. The molecule has 0 aliphatic heterocycles. The zero-order valence-corrected chi connectivity index (χ0v) is 11.9. The van der Waals surface area contributed by atoms with Crippen molar-refractivity contribution in [1.82, 2.24) is 5.32 Å². The summed E-state index contributed by atoms with van der Waals surface area (Å²) in [6, 6.07) is 10.9. The van der Waals surface area contributed by atoms with E-state index in [4.69, 9.17) is 4.74 Å². The first-order chi connectivity index (χ1) is 8.81. The molecule has 3 heteroatoms. The lowest BCUT2D eigenvalue weighted by molar-refractivity contribution is 0.168. The first-order valence-electron chi connectivity index (χ1n) is 6.84. The number of methoxy groups -OCH3 is 1. The van der Waals surface area contributed by atoms with E-state index in [9.17, 15) is 0 Å². The number of hydrogen-bond acceptors (Lipinski definition) is 3. The Morgan fingerprint density at radius 3 is 2.50 bits per heavy atom. The minimum Gasteiger partial charge on any atom is -0.383 e. The van der Waals surface area contributed by atoms with E-state index >= 15 is 0 Å². The molecular formula is C15H26N2O. The zero-order chi connectivity index (χ0) is 13.2. The number of hydrogen-bond donors (Lipinski definition) is 1. The Morgan fingerprint density at radius 2 is 1.94 bits per heavy atom. The highest BCUT2D eigenvalue weighted by molar-refractivity contribution is 5.45. The van der Waals surface area contributed by atoms with Crippen molar-refractivity contribution >= 4 is 5.69 Å². The van der Waals surface area contributed by atoms with Crippen LogP contribution in [0.15, 0.2) is 30.3 Å². The van der Waals surface area contributed by atoms with E-state index < -0.39 is 0 Å². The minimum atomic E-state index is 0.384. The first kappa shape index (κ1) is 15.0. The van der Waals surface area contributed by atoms with E-state index in [1.807, 2.05) is 0 Å². The molecule has 0 aliphatic carbocycles. The molecule has 0 amide bonds. The number of nitrogens with one attached hydrogen (secondary N) is 1. The van der Waals surface area contributed by atoms with Gasteiger partial charge < -0.3 is 15.0 Å². The van der Waals surface area contributed by atoms with Crippen LogP contribution in [0.2, 0.25) is 0 Å². The molecule has 0 fully saturated rings. The second-order valence-corrected chi connectivity index (χ2v) is 4.48. The van der Waals surface area contributed by atoms with Crippen molar-refractivity contribution in [2.45, 2.75) is 26.3 Å². The summed E-state index contributed by atoms with van der Waals surface area (Å²) < 4.78 is 5.29. The molecule has 0 heterocycles. The fourth-order valence-corrected chi connectivity index (χ4v) is 2.05. The van der Waals surface area contributed by atoms with Gasteiger partial charge in [-0.05, 0) is 32.0 Å². The van der Waals surface area contributed by atoms with Crippen molar-refractivity contribution in [1.29, 1.82) is 0 Å². The molecule has 1 N–H and O–H groups in total. The summed E-state index contributed by atoms with van der Waals surface area (Å²) in [5.41, 5.74) is 1.28. The van der Waals surface area contributed by atoms with Crippen LogP contribution in [0.25, 0.3) is 0 Å². The van der Waals surface area contributed by atoms with Crippen LogP contribution in [0.4, 0.5) is 5.69 Å². The Kier molecular flexibility index (Phi) is 7.46. The van der Waals surface area contributed by atoms with Crippen molar-refractivity contribution in [2.24, 2.45) is 0 Å². The summed E-state index contributed by atoms with van der Waals surface area (Å²) >= 11 is 0. The second-order valence-electron chi connectivity index (χ2n) is 4.48. The average Bonchev–Trinajstić information content (AvgIpc) is 2.43. The van der Waals surface area contributed by atoms with E-state index in [2.05, 4.69) is 54.4 Å². The van der Waals surface area contributed by atoms with Gasteiger partial charge in [-0.25, -0.2) is 0 Å². The molecule has 18 heavy (non-hydrogen) atoms. The normalized spacial score (nSPS) is 12.4. The molecule has 102 valence electrons. The van der Waals surface area contributed by atoms with Gasteiger partial charge in [0.2, 0.25) is 0 Å². The monoisotopic (exact) mass is 250 g/mol. The summed E-state index contributed by atoms with van der Waals surface area (Å²) in [7, 11) is 1.76. The molecule has 1 rings (SSSR count). The summed E-state index contributed by atoms with van der Waals surface area (Å²) in [6.07, 6.45) is 1.15. The van der Waals surface area contributed by atoms with Crippen molar-refractivity contribution in [3.05, 3.63) is 30.3 Å². The molecule has 0 aromatic heterocycles. The van der Waals surface area contributed by atoms with Crippen LogP contribution in [0.1, 0.15) is 20.3 Å². The highest BCUT2D eigenvalue weighted by Gasteiger charge is 2.12. The lowest BCUT2D eigenvalue weighted by Crippen LogP contribution is -2.44. The van der Waals surface area contributed by atoms with Crippen LogP contribution in [0, 0.1) is 0 Å². The highest BCUT2D eigenvalue weighted by Crippen LogP contribution is 2.13. The number of benzene rings is 1. The lowest BCUT2D eigenvalue weighted by atomic mass is 10.2. The Balaban J connectivity index is 2.58. The van der Waals surface area contributed by atoms with Gasteiger partial charge in [0.15, 0.2) is 0 Å². The number of nitrogens with zero attached hydrogens (tertiary/aromatic N) is 1. The maximum atomic E-state index is 5.29. The van der Waals surface area contributed by atoms with Gasteiger partial charge in [0.1, 0.15) is 0 Å². The summed E-state index contributed by atoms with van der Waals surface area (Å²) in [5, 5.41) is 3.54. The van der Waals surface area contributed by atoms with Crippen LogP contribution < -0.4 is 10.2 Å². The quantitative estimate of drug-likeness (QED) is 0.729. The van der Waals surface area contributed by atoms with Gasteiger partial charge in [-0.15, -0.1) is 0 Å². The maximum absolute atomic E-state index is 5.29. The number of anilines is 1. The Hall–Kier alpha value is -1.06. The van der Waals surface area contributed by atoms with Gasteiger partial charge >= 0.3 is 0 Å². The summed E-state index contributed by atoms with van der Waals surface area (Å²) in [5.74, 6) is 0. The third-order valence-corrected chi connectivity index (χ3v) is 2.99. The van der Waals surface area contributed by atoms with Crippen LogP contribution in [-0.4, -0.2) is 39.4 Å². The predicted molar refractivity (Wildman–Crippen MR) is 78.3 cm³/mol. The minimum absolute atomic E-state index is 0.384. The highest BCUT2D eigenvalue weighted by atomic mass is 16.5. The van der Waals surface area contributed by atoms with Gasteiger partial charge in [-0.3, -0.25) is 0 Å². The molecule has 3 nitrogen and oxygen atoms in total. The van der Waals surface area contributed by atoms with Gasteiger partial charge in [0, 0.05) is 31.9 Å². The van der Waals surface area contributed by atoms with Crippen molar-refractivity contribution < 1.29 is 4.74 Å². The Bertz CT molecular complexity index is 303. The summed E-state index contributed by atoms with van der Waals surface area (Å²) in [4.78, 5) is 2.38. The Labute approximate surface area is 111 Å². The standard InChI is InChI=1S/C15H26N2O/c1-4-11-16-14(13-18-3)12-17(5-2)15-9-7-6-8-10-15/h6-10,14,16H,4-5,11-13H2,1-3H3. The molecule has 1 aromatic carbocycles. The zero-order valence-electron chi connectivity index (χ0n) is 11.9. The van der Waals surface area contributed by atoms with Gasteiger partial charge in [0.05, 0.1) is 6.61 Å². The number of likely N-dealkylation sites (N-methyl/N-ethyl adjacent to an activating group) is 1. The molecule has 0 radical (unpaired) electrons. The number of para-hydroxylation sites is 1. The lowest BCUT2D eigenvalue weighted by Gasteiger charge is -2.28. The van der Waals surface area contributed by atoms with Gasteiger partial charge in [0.25, 0.3) is 0 Å². The molecule has 0 aliphatic rings. The molecular weight excluding hydrogens is 224 g/mol.